The Morgan fingerprint density at radius 1 is 1.75 bits per heavy atom. The maximum absolute atomic E-state index is 9.96. The molecule has 0 rings (SSSR count). The van der Waals surface area contributed by atoms with Crippen LogP contribution in [-0.2, 0) is 4.79 Å². The van der Waals surface area contributed by atoms with Crippen LogP contribution in [0.25, 0.3) is 0 Å². The van der Waals surface area contributed by atoms with Crippen molar-refractivity contribution >= 4 is 28.9 Å². The third kappa shape index (κ3) is 4.52. The van der Waals surface area contributed by atoms with Crippen LogP contribution >= 0.6 is 22.6 Å². The lowest BCUT2D eigenvalue weighted by molar-refractivity contribution is -0.107. The summed E-state index contributed by atoms with van der Waals surface area (Å²) in [5, 5.41) is 0. The first-order valence-electron chi connectivity index (χ1n) is 2.60. The highest BCUT2D eigenvalue weighted by Gasteiger charge is 1.97. The van der Waals surface area contributed by atoms with Gasteiger partial charge in [0.2, 0.25) is 0 Å². The van der Waals surface area contributed by atoms with Crippen LogP contribution < -0.4 is 5.73 Å². The number of carbonyl (C=O) groups excluding carboxylic acids is 1. The number of carbonyl (C=O) groups is 1. The molecule has 0 aliphatic carbocycles. The molecule has 0 aromatic heterocycles. The number of nitrogens with two attached hydrogens (primary N) is 1. The van der Waals surface area contributed by atoms with Crippen LogP contribution in [0.1, 0.15) is 12.8 Å². The second kappa shape index (κ2) is 5.50. The van der Waals surface area contributed by atoms with E-state index in [4.69, 9.17) is 5.73 Å². The minimum Gasteiger partial charge on any atom is -0.330 e. The fraction of sp³-hybridized carbons (Fsp3) is 0.800. The van der Waals surface area contributed by atoms with Crippen LogP contribution in [0.2, 0.25) is 0 Å². The molecule has 0 aliphatic heterocycles. The molecule has 0 radical (unpaired) electrons. The molecule has 0 amide bonds. The molecule has 3 heteroatoms. The van der Waals surface area contributed by atoms with Crippen molar-refractivity contribution in [3.63, 3.8) is 0 Å². The molecule has 0 fully saturated rings. The fourth-order valence-electron chi connectivity index (χ4n) is 0.381. The number of rotatable bonds is 4. The number of alkyl halides is 1. The summed E-state index contributed by atoms with van der Waals surface area (Å²) in [5.41, 5.74) is 5.21. The summed E-state index contributed by atoms with van der Waals surface area (Å²) in [7, 11) is 0. The Labute approximate surface area is 63.0 Å². The molecular formula is C5H10INO. The first-order chi connectivity index (χ1) is 3.81. The van der Waals surface area contributed by atoms with Crippen molar-refractivity contribution in [2.75, 3.05) is 6.54 Å². The zero-order valence-electron chi connectivity index (χ0n) is 4.64. The Kier molecular flexibility index (Phi) is 5.74. The highest BCUT2D eigenvalue weighted by molar-refractivity contribution is 14.1. The number of halogens is 1. The summed E-state index contributed by atoms with van der Waals surface area (Å²) in [5.74, 6) is 0. The van der Waals surface area contributed by atoms with Gasteiger partial charge in [-0.25, -0.2) is 0 Å². The van der Waals surface area contributed by atoms with Gasteiger partial charge in [-0.15, -0.1) is 0 Å². The van der Waals surface area contributed by atoms with E-state index in [0.717, 1.165) is 19.1 Å². The molecule has 8 heavy (non-hydrogen) atoms. The Hall–Kier alpha value is 0.360. The number of hydrogen-bond acceptors (Lipinski definition) is 2. The van der Waals surface area contributed by atoms with Crippen molar-refractivity contribution in [1.29, 1.82) is 0 Å². The van der Waals surface area contributed by atoms with E-state index in [-0.39, 0.29) is 3.92 Å². The quantitative estimate of drug-likeness (QED) is 0.437. The van der Waals surface area contributed by atoms with Crippen molar-refractivity contribution in [3.8, 4) is 0 Å². The SMILES string of the molecule is NCCCC(I)C=O. The first-order valence-corrected chi connectivity index (χ1v) is 3.85. The smallest absolute Gasteiger partial charge is 0.132 e. The van der Waals surface area contributed by atoms with Crippen LogP contribution in [-0.4, -0.2) is 16.8 Å². The minimum atomic E-state index is 0.163. The van der Waals surface area contributed by atoms with E-state index in [1.165, 1.54) is 0 Å². The highest BCUT2D eigenvalue weighted by atomic mass is 127. The van der Waals surface area contributed by atoms with Gasteiger partial charge in [0.25, 0.3) is 0 Å². The van der Waals surface area contributed by atoms with Crippen molar-refractivity contribution in [1.82, 2.24) is 0 Å². The lowest BCUT2D eigenvalue weighted by atomic mass is 10.2. The van der Waals surface area contributed by atoms with Gasteiger partial charge in [-0.1, -0.05) is 22.6 Å². The van der Waals surface area contributed by atoms with E-state index in [9.17, 15) is 4.79 Å². The molecule has 0 bridgehead atoms. The van der Waals surface area contributed by atoms with E-state index in [1.807, 2.05) is 0 Å². The predicted octanol–water partition coefficient (Wildman–Crippen LogP) is 0.728. The Morgan fingerprint density at radius 3 is 2.75 bits per heavy atom. The molecule has 0 aromatic carbocycles. The van der Waals surface area contributed by atoms with E-state index in [2.05, 4.69) is 22.6 Å². The Balaban J connectivity index is 2.98. The summed E-state index contributed by atoms with van der Waals surface area (Å²) in [4.78, 5) is 9.96. The monoisotopic (exact) mass is 227 g/mol. The van der Waals surface area contributed by atoms with Gasteiger partial charge in [0, 0.05) is 0 Å². The number of hydrogen-bond donors (Lipinski definition) is 1. The highest BCUT2D eigenvalue weighted by Crippen LogP contribution is 2.03. The lowest BCUT2D eigenvalue weighted by Crippen LogP contribution is -2.04. The zero-order chi connectivity index (χ0) is 6.41. The molecule has 0 saturated carbocycles. The van der Waals surface area contributed by atoms with E-state index >= 15 is 0 Å². The van der Waals surface area contributed by atoms with E-state index in [0.29, 0.717) is 6.54 Å². The molecular weight excluding hydrogens is 217 g/mol. The standard InChI is InChI=1S/C5H10INO/c6-5(4-8)2-1-3-7/h4-5H,1-3,7H2. The van der Waals surface area contributed by atoms with Crippen LogP contribution in [0, 0.1) is 0 Å². The van der Waals surface area contributed by atoms with Crippen molar-refractivity contribution in [3.05, 3.63) is 0 Å². The minimum absolute atomic E-state index is 0.163. The largest absolute Gasteiger partial charge is 0.330 e. The topological polar surface area (TPSA) is 43.1 Å². The Morgan fingerprint density at radius 2 is 2.38 bits per heavy atom. The third-order valence-electron chi connectivity index (χ3n) is 0.832. The van der Waals surface area contributed by atoms with Gasteiger partial charge < -0.3 is 10.5 Å². The normalized spacial score (nSPS) is 13.2. The average molecular weight is 227 g/mol. The van der Waals surface area contributed by atoms with Crippen LogP contribution in [0.15, 0.2) is 0 Å². The van der Waals surface area contributed by atoms with Gasteiger partial charge in [0.05, 0.1) is 3.92 Å². The van der Waals surface area contributed by atoms with E-state index < -0.39 is 0 Å². The molecule has 0 saturated heterocycles. The summed E-state index contributed by atoms with van der Waals surface area (Å²) >= 11 is 2.11. The molecule has 1 atom stereocenters. The van der Waals surface area contributed by atoms with Gasteiger partial charge in [-0.3, -0.25) is 0 Å². The molecule has 0 aromatic rings. The third-order valence-corrected chi connectivity index (χ3v) is 1.75. The van der Waals surface area contributed by atoms with Crippen molar-refractivity contribution < 1.29 is 4.79 Å². The van der Waals surface area contributed by atoms with E-state index in [1.54, 1.807) is 0 Å². The van der Waals surface area contributed by atoms with Crippen LogP contribution in [0.5, 0.6) is 0 Å². The second-order valence-corrected chi connectivity index (χ2v) is 3.18. The van der Waals surface area contributed by atoms with Crippen LogP contribution in [0.4, 0.5) is 0 Å². The molecule has 2 N–H and O–H groups in total. The van der Waals surface area contributed by atoms with Crippen LogP contribution in [0.3, 0.4) is 0 Å². The maximum atomic E-state index is 9.96. The Bertz CT molecular complexity index is 67.4. The second-order valence-electron chi connectivity index (χ2n) is 1.58. The first kappa shape index (κ1) is 8.36. The van der Waals surface area contributed by atoms with Crippen molar-refractivity contribution in [2.24, 2.45) is 5.73 Å². The summed E-state index contributed by atoms with van der Waals surface area (Å²) in [6.07, 6.45) is 2.82. The van der Waals surface area contributed by atoms with Gasteiger partial charge in [0.1, 0.15) is 6.29 Å². The van der Waals surface area contributed by atoms with Gasteiger partial charge in [0.15, 0.2) is 0 Å². The van der Waals surface area contributed by atoms with Crippen molar-refractivity contribution in [2.45, 2.75) is 16.8 Å². The zero-order valence-corrected chi connectivity index (χ0v) is 6.80. The summed E-state index contributed by atoms with van der Waals surface area (Å²) in [6.45, 7) is 0.688. The molecule has 0 spiro atoms. The molecule has 0 aliphatic rings. The molecule has 0 heterocycles. The predicted molar refractivity (Wildman–Crippen MR) is 42.2 cm³/mol. The summed E-state index contributed by atoms with van der Waals surface area (Å²) in [6, 6.07) is 0. The van der Waals surface area contributed by atoms with Gasteiger partial charge in [-0.05, 0) is 19.4 Å². The summed E-state index contributed by atoms with van der Waals surface area (Å²) < 4.78 is 0.163. The lowest BCUT2D eigenvalue weighted by Gasteiger charge is -1.96. The molecule has 48 valence electrons. The average Bonchev–Trinajstić information content (AvgIpc) is 1.83. The van der Waals surface area contributed by atoms with Gasteiger partial charge >= 0.3 is 0 Å². The molecule has 2 nitrogen and oxygen atoms in total. The fourth-order valence-corrected chi connectivity index (χ4v) is 0.821. The number of aldehydes is 1. The maximum Gasteiger partial charge on any atom is 0.132 e. The molecule has 1 unspecified atom stereocenters. The van der Waals surface area contributed by atoms with Gasteiger partial charge in [-0.2, -0.15) is 0 Å².